The lowest BCUT2D eigenvalue weighted by Gasteiger charge is -2.67. The van der Waals surface area contributed by atoms with Crippen LogP contribution in [0.15, 0.2) is 108 Å². The standard InChI is InChI=1S/C49H51NO15/c1-26-32-24-49(59)42(64-44(57)29-16-10-7-11-17-29)40-47(5,41(55)39(62-27(2)51)36(26)46(49,3)4)33(52)23-34-48(40,25-61-34)65-35(53)20-13-21-60-31-19-12-18-30(22-31)37(38(54)45(58)63-32)50-43(56)28-14-8-6-9-15-28/h6-20,22,32-34,37-40,42,52,54,59H,21,23-25H2,1-5H3,(H,50,56)/b20-13+/t32-,33-,34+,37-,38+,39+,40-,42-,47+,48-,49+/m0/s1. The van der Waals surface area contributed by atoms with Crippen molar-refractivity contribution in [2.24, 2.45) is 16.7 Å². The van der Waals surface area contributed by atoms with Crippen LogP contribution in [0, 0.1) is 16.7 Å². The average Bonchev–Trinajstić information content (AvgIpc) is 3.28. The van der Waals surface area contributed by atoms with Crippen molar-refractivity contribution in [1.29, 1.82) is 0 Å². The smallest absolute Gasteiger partial charge is 0.338 e. The van der Waals surface area contributed by atoms with Crippen LogP contribution in [-0.4, -0.2) is 112 Å². The first kappa shape index (κ1) is 45.4. The average molecular weight is 894 g/mol. The Balaban J connectivity index is 1.35. The van der Waals surface area contributed by atoms with E-state index in [9.17, 15) is 39.3 Å². The minimum absolute atomic E-state index is 0.0167. The number of fused-ring (bicyclic) bond motifs is 4. The minimum atomic E-state index is -2.42. The lowest BCUT2D eigenvalue weighted by atomic mass is 9.44. The van der Waals surface area contributed by atoms with Crippen molar-refractivity contribution in [3.63, 3.8) is 0 Å². The molecule has 16 heteroatoms. The SMILES string of the molecule is CC(=O)O[C@H]1C(=O)[C@@]2(C)[C@@H]3[C@H](OC(=O)c4ccccc4)[C@]4(O)C[C@H](OC(=O)[C@H](O)[C@@H](NC(=O)c5ccccc5)c5cccc(c5)OC/C=C/C(=O)O[C@]35CO[C@@H]5C[C@@H]2O)C(C)=C1C4(C)C. The Kier molecular flexibility index (Phi) is 11.9. The van der Waals surface area contributed by atoms with Gasteiger partial charge in [-0.2, -0.15) is 0 Å². The molecular weight excluding hydrogens is 843 g/mol. The monoisotopic (exact) mass is 893 g/mol. The number of rotatable bonds is 5. The number of nitrogens with one attached hydrogen (secondary N) is 1. The molecule has 6 bridgehead atoms. The number of hydrogen-bond acceptors (Lipinski definition) is 15. The number of esters is 4. The quantitative estimate of drug-likeness (QED) is 0.163. The van der Waals surface area contributed by atoms with Crippen molar-refractivity contribution < 1.29 is 72.5 Å². The van der Waals surface area contributed by atoms with E-state index in [4.69, 9.17) is 28.4 Å². The summed E-state index contributed by atoms with van der Waals surface area (Å²) in [6, 6.07) is 20.7. The van der Waals surface area contributed by atoms with E-state index in [0.29, 0.717) is 0 Å². The van der Waals surface area contributed by atoms with Gasteiger partial charge >= 0.3 is 23.9 Å². The van der Waals surface area contributed by atoms with Gasteiger partial charge < -0.3 is 49.1 Å². The first-order chi connectivity index (χ1) is 30.8. The minimum Gasteiger partial charge on any atom is -0.490 e. The van der Waals surface area contributed by atoms with Crippen LogP contribution in [-0.2, 0) is 42.9 Å². The number of benzene rings is 3. The molecule has 0 unspecified atom stereocenters. The molecule has 2 saturated carbocycles. The van der Waals surface area contributed by atoms with Gasteiger partial charge in [0.2, 0.25) is 0 Å². The Morgan fingerprint density at radius 1 is 0.877 bits per heavy atom. The third kappa shape index (κ3) is 7.61. The lowest BCUT2D eigenvalue weighted by Crippen LogP contribution is -2.82. The summed E-state index contributed by atoms with van der Waals surface area (Å²) in [4.78, 5) is 85.3. The van der Waals surface area contributed by atoms with Gasteiger partial charge in [-0.15, -0.1) is 0 Å². The van der Waals surface area contributed by atoms with E-state index in [1.165, 1.54) is 38.1 Å². The van der Waals surface area contributed by atoms with E-state index in [1.807, 2.05) is 0 Å². The number of hydrogen-bond donors (Lipinski definition) is 4. The van der Waals surface area contributed by atoms with Crippen LogP contribution >= 0.6 is 0 Å². The highest BCUT2D eigenvalue weighted by atomic mass is 16.6. The Morgan fingerprint density at radius 3 is 2.20 bits per heavy atom. The van der Waals surface area contributed by atoms with Gasteiger partial charge in [-0.05, 0) is 73.0 Å². The number of ether oxygens (including phenoxy) is 6. The maximum Gasteiger partial charge on any atom is 0.338 e. The Morgan fingerprint density at radius 2 is 1.55 bits per heavy atom. The van der Waals surface area contributed by atoms with Crippen molar-refractivity contribution in [3.05, 3.63) is 125 Å². The van der Waals surface area contributed by atoms with Crippen LogP contribution in [0.1, 0.15) is 79.8 Å². The number of aliphatic hydroxyl groups is 3. The van der Waals surface area contributed by atoms with E-state index in [2.05, 4.69) is 5.32 Å². The van der Waals surface area contributed by atoms with Gasteiger partial charge in [0.1, 0.15) is 36.3 Å². The molecule has 4 N–H and O–H groups in total. The predicted molar refractivity (Wildman–Crippen MR) is 227 cm³/mol. The molecular formula is C49H51NO15. The van der Waals surface area contributed by atoms with Crippen molar-refractivity contribution in [2.75, 3.05) is 13.2 Å². The van der Waals surface area contributed by atoms with E-state index in [1.54, 1.807) is 80.6 Å². The summed E-state index contributed by atoms with van der Waals surface area (Å²) in [5, 5.41) is 40.7. The van der Waals surface area contributed by atoms with Gasteiger partial charge in [0, 0.05) is 36.8 Å². The first-order valence-electron chi connectivity index (χ1n) is 21.4. The molecule has 342 valence electrons. The highest BCUT2D eigenvalue weighted by Gasteiger charge is 2.78. The molecule has 2 heterocycles. The zero-order valence-corrected chi connectivity index (χ0v) is 36.4. The fourth-order valence-corrected chi connectivity index (χ4v) is 10.6. The Bertz CT molecular complexity index is 2470. The molecule has 2 aliphatic heterocycles. The maximum atomic E-state index is 15.6. The normalized spacial score (nSPS) is 34.6. The second-order valence-corrected chi connectivity index (χ2v) is 18.1. The molecule has 1 amide bonds. The second-order valence-electron chi connectivity index (χ2n) is 18.1. The molecule has 0 aromatic heterocycles. The number of carbonyl (C=O) groups is 6. The van der Waals surface area contributed by atoms with Crippen LogP contribution in [0.3, 0.4) is 0 Å². The summed E-state index contributed by atoms with van der Waals surface area (Å²) in [7, 11) is 0. The molecule has 5 aliphatic rings. The van der Waals surface area contributed by atoms with E-state index >= 15 is 4.79 Å². The second kappa shape index (κ2) is 17.0. The summed E-state index contributed by atoms with van der Waals surface area (Å²) < 4.78 is 36.7. The molecule has 0 radical (unpaired) electrons. The van der Waals surface area contributed by atoms with Gasteiger partial charge in [0.25, 0.3) is 5.91 Å². The van der Waals surface area contributed by atoms with Crippen molar-refractivity contribution in [3.8, 4) is 5.75 Å². The topological polar surface area (TPSA) is 231 Å². The summed E-state index contributed by atoms with van der Waals surface area (Å²) in [6.07, 6.45) is -8.38. The fourth-order valence-electron chi connectivity index (χ4n) is 10.6. The number of carbonyl (C=O) groups excluding carboxylic acids is 6. The zero-order chi connectivity index (χ0) is 46.6. The Hall–Kier alpha value is -6.20. The van der Waals surface area contributed by atoms with Gasteiger partial charge in [-0.25, -0.2) is 14.4 Å². The molecule has 65 heavy (non-hydrogen) atoms. The molecule has 11 atom stereocenters. The van der Waals surface area contributed by atoms with E-state index < -0.39 is 113 Å². The molecule has 3 fully saturated rings. The highest BCUT2D eigenvalue weighted by molar-refractivity contribution is 5.96. The highest BCUT2D eigenvalue weighted by Crippen LogP contribution is 2.64. The van der Waals surface area contributed by atoms with Gasteiger partial charge in [0.05, 0.1) is 35.6 Å². The number of amides is 1. The zero-order valence-electron chi connectivity index (χ0n) is 36.4. The van der Waals surface area contributed by atoms with Crippen molar-refractivity contribution in [2.45, 2.75) is 101 Å². The van der Waals surface area contributed by atoms with Gasteiger partial charge in [0.15, 0.2) is 23.6 Å². The number of ketones is 1. The predicted octanol–water partition coefficient (Wildman–Crippen LogP) is 3.66. The molecule has 3 aliphatic carbocycles. The first-order valence-corrected chi connectivity index (χ1v) is 21.4. The van der Waals surface area contributed by atoms with Crippen LogP contribution in [0.25, 0.3) is 0 Å². The molecule has 1 spiro atoms. The number of aliphatic hydroxyl groups excluding tert-OH is 2. The lowest BCUT2D eigenvalue weighted by molar-refractivity contribution is -0.345. The maximum absolute atomic E-state index is 15.6. The third-order valence-corrected chi connectivity index (χ3v) is 14.1. The van der Waals surface area contributed by atoms with E-state index in [-0.39, 0.29) is 53.2 Å². The van der Waals surface area contributed by atoms with Crippen molar-refractivity contribution in [1.82, 2.24) is 5.32 Å². The van der Waals surface area contributed by atoms with Crippen LogP contribution in [0.4, 0.5) is 0 Å². The number of Topliss-reactive ketones (excluding diaryl/α,β-unsaturated/α-hetero) is 1. The largest absolute Gasteiger partial charge is 0.490 e. The molecule has 16 nitrogen and oxygen atoms in total. The molecule has 1 saturated heterocycles. The fraction of sp³-hybridized carbons (Fsp3) is 0.429. The third-order valence-electron chi connectivity index (χ3n) is 14.1. The summed E-state index contributed by atoms with van der Waals surface area (Å²) in [6.45, 7) is 6.55. The van der Waals surface area contributed by atoms with Gasteiger partial charge in [-0.3, -0.25) is 14.4 Å². The Labute approximate surface area is 374 Å². The van der Waals surface area contributed by atoms with Crippen molar-refractivity contribution >= 4 is 35.6 Å². The summed E-state index contributed by atoms with van der Waals surface area (Å²) >= 11 is 0. The molecule has 3 aromatic carbocycles. The summed E-state index contributed by atoms with van der Waals surface area (Å²) in [5.74, 6) is -6.92. The molecule has 8 rings (SSSR count). The van der Waals surface area contributed by atoms with Gasteiger partial charge in [-0.1, -0.05) is 62.4 Å². The van der Waals surface area contributed by atoms with Crippen LogP contribution in [0.2, 0.25) is 0 Å². The molecule has 3 aromatic rings. The van der Waals surface area contributed by atoms with E-state index in [0.717, 1.165) is 13.0 Å². The van der Waals surface area contributed by atoms with Crippen LogP contribution in [0.5, 0.6) is 5.75 Å². The van der Waals surface area contributed by atoms with Crippen LogP contribution < -0.4 is 10.1 Å². The summed E-state index contributed by atoms with van der Waals surface area (Å²) in [5.41, 5.74) is -7.44.